The third kappa shape index (κ3) is 3.04. The van der Waals surface area contributed by atoms with E-state index in [4.69, 9.17) is 16.3 Å². The minimum Gasteiger partial charge on any atom is -0.424 e. The molecule has 0 aliphatic carbocycles. The van der Waals surface area contributed by atoms with E-state index >= 15 is 0 Å². The molecule has 6 heteroatoms. The van der Waals surface area contributed by atoms with E-state index in [2.05, 4.69) is 20.3 Å². The maximum atomic E-state index is 5.74. The van der Waals surface area contributed by atoms with Gasteiger partial charge in [0.2, 0.25) is 11.2 Å². The summed E-state index contributed by atoms with van der Waals surface area (Å²) in [6.45, 7) is 1.98. The highest BCUT2D eigenvalue weighted by molar-refractivity contribution is 6.28. The lowest BCUT2D eigenvalue weighted by atomic mass is 10.2. The predicted octanol–water partition coefficient (Wildman–Crippen LogP) is 2.67. The van der Waals surface area contributed by atoms with E-state index in [1.165, 1.54) is 0 Å². The molecule has 0 radical (unpaired) electrons. The fraction of sp³-hybridized carbons (Fsp3) is 0.182. The Kier molecular flexibility index (Phi) is 3.39. The average molecular weight is 251 g/mol. The summed E-state index contributed by atoms with van der Waals surface area (Å²) in [5.41, 5.74) is 1.09. The number of hydrogen-bond acceptors (Lipinski definition) is 5. The van der Waals surface area contributed by atoms with E-state index in [0.717, 1.165) is 5.56 Å². The fourth-order valence-electron chi connectivity index (χ4n) is 1.27. The van der Waals surface area contributed by atoms with Gasteiger partial charge in [-0.15, -0.1) is 0 Å². The van der Waals surface area contributed by atoms with Gasteiger partial charge in [0.25, 0.3) is 0 Å². The van der Waals surface area contributed by atoms with Crippen molar-refractivity contribution in [3.63, 3.8) is 0 Å². The molecule has 0 amide bonds. The predicted molar refractivity (Wildman–Crippen MR) is 65.6 cm³/mol. The highest BCUT2D eigenvalue weighted by Crippen LogP contribution is 2.20. The molecule has 1 aromatic carbocycles. The van der Waals surface area contributed by atoms with Crippen molar-refractivity contribution in [1.29, 1.82) is 0 Å². The van der Waals surface area contributed by atoms with Crippen LogP contribution in [0, 0.1) is 6.92 Å². The van der Waals surface area contributed by atoms with Crippen molar-refractivity contribution in [2.75, 3.05) is 12.4 Å². The Balaban J connectivity index is 2.26. The normalized spacial score (nSPS) is 10.1. The van der Waals surface area contributed by atoms with Gasteiger partial charge in [-0.1, -0.05) is 12.1 Å². The molecule has 0 aliphatic heterocycles. The number of aromatic nitrogens is 3. The van der Waals surface area contributed by atoms with Gasteiger partial charge in [0.05, 0.1) is 0 Å². The first kappa shape index (κ1) is 11.6. The lowest BCUT2D eigenvalue weighted by Crippen LogP contribution is -2.01. The number of benzene rings is 1. The number of hydrogen-bond donors (Lipinski definition) is 1. The zero-order chi connectivity index (χ0) is 12.3. The maximum Gasteiger partial charge on any atom is 0.328 e. The van der Waals surface area contributed by atoms with Gasteiger partial charge in [0.15, 0.2) is 0 Å². The van der Waals surface area contributed by atoms with Gasteiger partial charge in [-0.25, -0.2) is 0 Å². The molecule has 1 heterocycles. The highest BCUT2D eigenvalue weighted by atomic mass is 35.5. The van der Waals surface area contributed by atoms with Crippen LogP contribution in [0.2, 0.25) is 5.28 Å². The second-order valence-corrected chi connectivity index (χ2v) is 3.72. The molecule has 0 unspecified atom stereocenters. The van der Waals surface area contributed by atoms with Crippen molar-refractivity contribution < 1.29 is 4.74 Å². The quantitative estimate of drug-likeness (QED) is 0.908. The van der Waals surface area contributed by atoms with Gasteiger partial charge in [-0.3, -0.25) is 0 Å². The third-order valence-corrected chi connectivity index (χ3v) is 2.18. The van der Waals surface area contributed by atoms with Gasteiger partial charge >= 0.3 is 6.01 Å². The van der Waals surface area contributed by atoms with Gasteiger partial charge in [-0.2, -0.15) is 15.0 Å². The van der Waals surface area contributed by atoms with Crippen LogP contribution in [0.5, 0.6) is 11.8 Å². The fourth-order valence-corrected chi connectivity index (χ4v) is 1.43. The number of rotatable bonds is 3. The first-order valence-electron chi connectivity index (χ1n) is 5.01. The van der Waals surface area contributed by atoms with Crippen LogP contribution < -0.4 is 10.1 Å². The number of nitrogens with one attached hydrogen (secondary N) is 1. The van der Waals surface area contributed by atoms with E-state index in [0.29, 0.717) is 11.7 Å². The van der Waals surface area contributed by atoms with Crippen molar-refractivity contribution in [2.45, 2.75) is 6.92 Å². The van der Waals surface area contributed by atoms with Crippen molar-refractivity contribution in [3.8, 4) is 11.8 Å². The zero-order valence-corrected chi connectivity index (χ0v) is 10.2. The maximum absolute atomic E-state index is 5.74. The zero-order valence-electron chi connectivity index (χ0n) is 9.44. The Morgan fingerprint density at radius 1 is 1.24 bits per heavy atom. The van der Waals surface area contributed by atoms with Gasteiger partial charge < -0.3 is 10.1 Å². The highest BCUT2D eigenvalue weighted by Gasteiger charge is 2.06. The van der Waals surface area contributed by atoms with E-state index in [1.807, 2.05) is 31.2 Å². The topological polar surface area (TPSA) is 59.9 Å². The van der Waals surface area contributed by atoms with E-state index < -0.39 is 0 Å². The molecule has 5 nitrogen and oxygen atoms in total. The van der Waals surface area contributed by atoms with Crippen LogP contribution in [0.25, 0.3) is 0 Å². The summed E-state index contributed by atoms with van der Waals surface area (Å²) in [4.78, 5) is 11.8. The van der Waals surface area contributed by atoms with E-state index in [9.17, 15) is 0 Å². The van der Waals surface area contributed by atoms with Crippen LogP contribution in [0.15, 0.2) is 24.3 Å². The van der Waals surface area contributed by atoms with Crippen molar-refractivity contribution in [2.24, 2.45) is 0 Å². The standard InChI is InChI=1S/C11H11ClN4O/c1-7-4-3-5-8(6-7)17-11-15-9(12)14-10(13-2)16-11/h3-6H,1-2H3,(H,13,14,15,16). The molecular weight excluding hydrogens is 240 g/mol. The molecule has 2 aromatic rings. The Morgan fingerprint density at radius 3 is 2.76 bits per heavy atom. The van der Waals surface area contributed by atoms with Gasteiger partial charge in [0, 0.05) is 7.05 Å². The number of aryl methyl sites for hydroxylation is 1. The number of anilines is 1. The van der Waals surface area contributed by atoms with Crippen molar-refractivity contribution in [1.82, 2.24) is 15.0 Å². The van der Waals surface area contributed by atoms with Crippen LogP contribution in [0.3, 0.4) is 0 Å². The van der Waals surface area contributed by atoms with E-state index in [1.54, 1.807) is 7.05 Å². The van der Waals surface area contributed by atoms with Crippen LogP contribution >= 0.6 is 11.6 Å². The summed E-state index contributed by atoms with van der Waals surface area (Å²) >= 11 is 5.74. The summed E-state index contributed by atoms with van der Waals surface area (Å²) in [6.07, 6.45) is 0. The first-order valence-corrected chi connectivity index (χ1v) is 5.39. The van der Waals surface area contributed by atoms with Crippen LogP contribution in [0.4, 0.5) is 5.95 Å². The monoisotopic (exact) mass is 250 g/mol. The lowest BCUT2D eigenvalue weighted by molar-refractivity contribution is 0.440. The second-order valence-electron chi connectivity index (χ2n) is 3.38. The van der Waals surface area contributed by atoms with Crippen LogP contribution in [-0.2, 0) is 0 Å². The molecule has 0 aliphatic rings. The molecule has 0 bridgehead atoms. The van der Waals surface area contributed by atoms with Gasteiger partial charge in [-0.05, 0) is 36.2 Å². The largest absolute Gasteiger partial charge is 0.424 e. The smallest absolute Gasteiger partial charge is 0.328 e. The summed E-state index contributed by atoms with van der Waals surface area (Å²) in [7, 11) is 1.70. The summed E-state index contributed by atoms with van der Waals surface area (Å²) in [5, 5.41) is 2.87. The summed E-state index contributed by atoms with van der Waals surface area (Å²) < 4.78 is 5.50. The molecule has 17 heavy (non-hydrogen) atoms. The minimum absolute atomic E-state index is 0.0898. The molecule has 0 saturated heterocycles. The molecule has 1 aromatic heterocycles. The molecule has 88 valence electrons. The molecule has 0 spiro atoms. The molecule has 0 saturated carbocycles. The van der Waals surface area contributed by atoms with Gasteiger partial charge in [0.1, 0.15) is 5.75 Å². The Labute approximate surface area is 104 Å². The minimum atomic E-state index is 0.0898. The molecular formula is C11H11ClN4O. The lowest BCUT2D eigenvalue weighted by Gasteiger charge is -2.05. The summed E-state index contributed by atoms with van der Waals surface area (Å²) in [5.74, 6) is 1.03. The first-order chi connectivity index (χ1) is 8.17. The Bertz CT molecular complexity index is 533. The number of nitrogens with zero attached hydrogens (tertiary/aromatic N) is 3. The molecule has 2 rings (SSSR count). The Morgan fingerprint density at radius 2 is 2.06 bits per heavy atom. The summed E-state index contributed by atoms with van der Waals surface area (Å²) in [6, 6.07) is 7.75. The molecule has 0 atom stereocenters. The number of halogens is 1. The van der Waals surface area contributed by atoms with E-state index in [-0.39, 0.29) is 11.3 Å². The SMILES string of the molecule is CNc1nc(Cl)nc(Oc2cccc(C)c2)n1. The average Bonchev–Trinajstić information content (AvgIpc) is 2.28. The van der Waals surface area contributed by atoms with Crippen molar-refractivity contribution in [3.05, 3.63) is 35.1 Å². The molecule has 1 N–H and O–H groups in total. The Hall–Kier alpha value is -1.88. The van der Waals surface area contributed by atoms with Crippen molar-refractivity contribution >= 4 is 17.5 Å². The van der Waals surface area contributed by atoms with Crippen LogP contribution in [-0.4, -0.2) is 22.0 Å². The molecule has 0 fully saturated rings. The van der Waals surface area contributed by atoms with Crippen LogP contribution in [0.1, 0.15) is 5.56 Å². The second kappa shape index (κ2) is 4.97. The third-order valence-electron chi connectivity index (χ3n) is 2.01. The number of ether oxygens (including phenoxy) is 1.